The lowest BCUT2D eigenvalue weighted by Crippen LogP contribution is -2.61. The Morgan fingerprint density at radius 2 is 2.09 bits per heavy atom. The van der Waals surface area contributed by atoms with E-state index in [9.17, 15) is 4.79 Å². The minimum Gasteiger partial charge on any atom is -0.486 e. The molecule has 0 spiro atoms. The first kappa shape index (κ1) is 14.3. The number of aliphatic imine (C=N–C) groups is 1. The molecular formula is C15H19N5O3. The van der Waals surface area contributed by atoms with Gasteiger partial charge in [0.2, 0.25) is 5.91 Å². The molecule has 1 amide bonds. The molecule has 0 bridgehead atoms. The number of carbonyl (C=O) groups is 1. The van der Waals surface area contributed by atoms with Gasteiger partial charge in [-0.3, -0.25) is 20.5 Å². The van der Waals surface area contributed by atoms with Crippen molar-refractivity contribution in [2.75, 3.05) is 26.3 Å². The highest BCUT2D eigenvalue weighted by molar-refractivity contribution is 6.01. The number of hydrazine groups is 1. The molecule has 4 rings (SSSR count). The predicted molar refractivity (Wildman–Crippen MR) is 83.1 cm³/mol. The van der Waals surface area contributed by atoms with Gasteiger partial charge in [0.25, 0.3) is 0 Å². The average molecular weight is 317 g/mol. The number of ether oxygens (including phenoxy) is 2. The first-order chi connectivity index (χ1) is 11.3. The highest BCUT2D eigenvalue weighted by atomic mass is 16.6. The largest absolute Gasteiger partial charge is 0.486 e. The summed E-state index contributed by atoms with van der Waals surface area (Å²) < 4.78 is 11.1. The smallest absolute Gasteiger partial charge is 0.234 e. The van der Waals surface area contributed by atoms with Gasteiger partial charge in [-0.2, -0.15) is 0 Å². The van der Waals surface area contributed by atoms with Crippen molar-refractivity contribution in [3.8, 4) is 11.5 Å². The van der Waals surface area contributed by atoms with Crippen molar-refractivity contribution in [1.82, 2.24) is 21.5 Å². The van der Waals surface area contributed by atoms with Crippen molar-refractivity contribution >= 4 is 11.9 Å². The molecule has 23 heavy (non-hydrogen) atoms. The van der Waals surface area contributed by atoms with Gasteiger partial charge < -0.3 is 14.8 Å². The van der Waals surface area contributed by atoms with Crippen LogP contribution in [0.25, 0.3) is 0 Å². The summed E-state index contributed by atoms with van der Waals surface area (Å²) in [5.41, 5.74) is 7.12. The fourth-order valence-corrected chi connectivity index (χ4v) is 2.90. The summed E-state index contributed by atoms with van der Waals surface area (Å²) in [6, 6.07) is 5.93. The summed E-state index contributed by atoms with van der Waals surface area (Å²) in [6.45, 7) is 2.37. The van der Waals surface area contributed by atoms with E-state index in [4.69, 9.17) is 9.47 Å². The lowest BCUT2D eigenvalue weighted by molar-refractivity contribution is -0.124. The van der Waals surface area contributed by atoms with Crippen molar-refractivity contribution in [3.63, 3.8) is 0 Å². The van der Waals surface area contributed by atoms with Gasteiger partial charge in [-0.05, 0) is 24.1 Å². The lowest BCUT2D eigenvalue weighted by atomic mass is 10.1. The van der Waals surface area contributed by atoms with Crippen LogP contribution in [0.5, 0.6) is 11.5 Å². The number of hydrogen-bond acceptors (Lipinski definition) is 6. The Hall–Kier alpha value is -2.32. The van der Waals surface area contributed by atoms with Crippen molar-refractivity contribution in [2.45, 2.75) is 12.6 Å². The molecular weight excluding hydrogens is 298 g/mol. The van der Waals surface area contributed by atoms with Crippen LogP contribution >= 0.6 is 0 Å². The van der Waals surface area contributed by atoms with Crippen LogP contribution in [0.2, 0.25) is 0 Å². The second-order valence-electron chi connectivity index (χ2n) is 5.70. The molecule has 3 aliphatic rings. The molecule has 3 aliphatic heterocycles. The van der Waals surface area contributed by atoms with E-state index >= 15 is 0 Å². The van der Waals surface area contributed by atoms with Crippen molar-refractivity contribution in [2.24, 2.45) is 10.9 Å². The van der Waals surface area contributed by atoms with E-state index in [0.717, 1.165) is 23.5 Å². The third kappa shape index (κ3) is 2.95. The summed E-state index contributed by atoms with van der Waals surface area (Å²) in [4.78, 5) is 16.4. The van der Waals surface area contributed by atoms with Crippen LogP contribution in [0, 0.1) is 5.92 Å². The van der Waals surface area contributed by atoms with E-state index in [-0.39, 0.29) is 18.0 Å². The van der Waals surface area contributed by atoms with Crippen LogP contribution in [0.3, 0.4) is 0 Å². The summed E-state index contributed by atoms with van der Waals surface area (Å²) in [5, 5.41) is 5.98. The van der Waals surface area contributed by atoms with Crippen LogP contribution in [0.15, 0.2) is 23.2 Å². The Morgan fingerprint density at radius 1 is 1.22 bits per heavy atom. The topological polar surface area (TPSA) is 96.0 Å². The molecule has 0 radical (unpaired) electrons. The molecule has 8 heteroatoms. The zero-order valence-corrected chi connectivity index (χ0v) is 12.6. The van der Waals surface area contributed by atoms with Gasteiger partial charge in [-0.25, -0.2) is 5.43 Å². The van der Waals surface area contributed by atoms with Crippen molar-refractivity contribution < 1.29 is 14.3 Å². The molecule has 0 aliphatic carbocycles. The van der Waals surface area contributed by atoms with E-state index in [0.29, 0.717) is 32.3 Å². The number of fused-ring (bicyclic) bond motifs is 2. The van der Waals surface area contributed by atoms with Gasteiger partial charge in [0.1, 0.15) is 19.4 Å². The Labute approximate surface area is 133 Å². The minimum absolute atomic E-state index is 0.00988. The monoisotopic (exact) mass is 317 g/mol. The average Bonchev–Trinajstić information content (AvgIpc) is 3.04. The molecule has 4 N–H and O–H groups in total. The number of amides is 1. The molecule has 2 unspecified atom stereocenters. The number of rotatable bonds is 3. The SMILES string of the molecule is O=C1NC(=NCCc2ccc3c(c2)OCCO3)NC2NNCC12. The second-order valence-corrected chi connectivity index (χ2v) is 5.70. The van der Waals surface area contributed by atoms with Crippen LogP contribution in [0.1, 0.15) is 5.56 Å². The maximum absolute atomic E-state index is 11.9. The number of nitrogens with zero attached hydrogens (tertiary/aromatic N) is 1. The fraction of sp³-hybridized carbons (Fsp3) is 0.467. The maximum Gasteiger partial charge on any atom is 0.234 e. The van der Waals surface area contributed by atoms with Crippen LogP contribution in [0.4, 0.5) is 0 Å². The summed E-state index contributed by atoms with van der Waals surface area (Å²) >= 11 is 0. The molecule has 122 valence electrons. The highest BCUT2D eigenvalue weighted by Crippen LogP contribution is 2.30. The third-order valence-corrected chi connectivity index (χ3v) is 4.13. The molecule has 8 nitrogen and oxygen atoms in total. The molecule has 2 fully saturated rings. The zero-order valence-electron chi connectivity index (χ0n) is 12.6. The molecule has 2 saturated heterocycles. The predicted octanol–water partition coefficient (Wildman–Crippen LogP) is -0.874. The minimum atomic E-state index is -0.105. The quantitative estimate of drug-likeness (QED) is 0.579. The normalized spacial score (nSPS) is 27.3. The molecule has 0 aromatic heterocycles. The Balaban J connectivity index is 1.37. The molecule has 1 aromatic carbocycles. The molecule has 2 atom stereocenters. The number of carbonyl (C=O) groups excluding carboxylic acids is 1. The van der Waals surface area contributed by atoms with E-state index in [1.165, 1.54) is 0 Å². The fourth-order valence-electron chi connectivity index (χ4n) is 2.90. The highest BCUT2D eigenvalue weighted by Gasteiger charge is 2.37. The maximum atomic E-state index is 11.9. The van der Waals surface area contributed by atoms with Gasteiger partial charge >= 0.3 is 0 Å². The van der Waals surface area contributed by atoms with E-state index in [2.05, 4.69) is 26.5 Å². The summed E-state index contributed by atoms with van der Waals surface area (Å²) in [6.07, 6.45) is 0.661. The molecule has 1 aromatic rings. The van der Waals surface area contributed by atoms with Crippen LogP contribution in [-0.4, -0.2) is 44.3 Å². The van der Waals surface area contributed by atoms with Crippen molar-refractivity contribution in [3.05, 3.63) is 23.8 Å². The van der Waals surface area contributed by atoms with Crippen molar-refractivity contribution in [1.29, 1.82) is 0 Å². The first-order valence-electron chi connectivity index (χ1n) is 7.78. The number of benzene rings is 1. The van der Waals surface area contributed by atoms with Gasteiger partial charge in [0.15, 0.2) is 17.5 Å². The van der Waals surface area contributed by atoms with Gasteiger partial charge in [0, 0.05) is 13.1 Å². The van der Waals surface area contributed by atoms with E-state index in [1.807, 2.05) is 18.2 Å². The number of nitrogens with one attached hydrogen (secondary N) is 4. The standard InChI is InChI=1S/C15H19N5O3/c21-14-10-8-17-20-13(10)18-15(19-14)16-4-3-9-1-2-11-12(7-9)23-6-5-22-11/h1-2,7,10,13,17,20H,3-6,8H2,(H2,16,18,19,21). The first-order valence-corrected chi connectivity index (χ1v) is 7.78. The molecule has 3 heterocycles. The van der Waals surface area contributed by atoms with Crippen LogP contribution in [-0.2, 0) is 11.2 Å². The van der Waals surface area contributed by atoms with E-state index < -0.39 is 0 Å². The Morgan fingerprint density at radius 3 is 3.00 bits per heavy atom. The van der Waals surface area contributed by atoms with Gasteiger partial charge in [-0.1, -0.05) is 6.07 Å². The number of guanidine groups is 1. The zero-order chi connectivity index (χ0) is 15.6. The van der Waals surface area contributed by atoms with Gasteiger partial charge in [0.05, 0.1) is 5.92 Å². The molecule has 0 saturated carbocycles. The Kier molecular flexibility index (Phi) is 3.76. The number of hydrogen-bond donors (Lipinski definition) is 4. The lowest BCUT2D eigenvalue weighted by Gasteiger charge is -2.27. The third-order valence-electron chi connectivity index (χ3n) is 4.13. The van der Waals surface area contributed by atoms with Gasteiger partial charge in [-0.15, -0.1) is 0 Å². The summed E-state index contributed by atoms with van der Waals surface area (Å²) in [5.74, 6) is 1.98. The Bertz CT molecular complexity index is 648. The summed E-state index contributed by atoms with van der Waals surface area (Å²) in [7, 11) is 0. The van der Waals surface area contributed by atoms with E-state index in [1.54, 1.807) is 0 Å². The second kappa shape index (κ2) is 6.05. The van der Waals surface area contributed by atoms with Crippen LogP contribution < -0.4 is 31.0 Å².